The lowest BCUT2D eigenvalue weighted by atomic mass is 9.87. The molecule has 0 radical (unpaired) electrons. The molecule has 1 aromatic rings. The van der Waals surface area contributed by atoms with Gasteiger partial charge in [0.1, 0.15) is 0 Å². The average molecular weight is 258 g/mol. The molecule has 0 aromatic heterocycles. The second-order valence-corrected chi connectivity index (χ2v) is 6.36. The fourth-order valence-corrected chi connectivity index (χ4v) is 4.01. The van der Waals surface area contributed by atoms with Crippen LogP contribution in [-0.4, -0.2) is 25.7 Å². The molecule has 1 aromatic carbocycles. The number of hydrogen-bond acceptors (Lipinski definition) is 2. The number of nitrogens with one attached hydrogen (secondary N) is 1. The van der Waals surface area contributed by atoms with E-state index >= 15 is 0 Å². The number of anilines is 1. The van der Waals surface area contributed by atoms with Crippen molar-refractivity contribution in [2.75, 3.05) is 18.5 Å². The normalized spacial score (nSPS) is 29.8. The van der Waals surface area contributed by atoms with E-state index in [9.17, 15) is 0 Å². The summed E-state index contributed by atoms with van der Waals surface area (Å²) in [4.78, 5) is 2.72. The molecule has 2 heteroatoms. The molecule has 2 aliphatic heterocycles. The maximum atomic E-state index is 3.30. The third kappa shape index (κ3) is 2.64. The lowest BCUT2D eigenvalue weighted by Gasteiger charge is -2.40. The van der Waals surface area contributed by atoms with Crippen LogP contribution in [0.4, 0.5) is 5.69 Å². The van der Waals surface area contributed by atoms with Crippen LogP contribution in [0.15, 0.2) is 24.3 Å². The van der Waals surface area contributed by atoms with Gasteiger partial charge in [-0.1, -0.05) is 17.7 Å². The van der Waals surface area contributed by atoms with Gasteiger partial charge < -0.3 is 10.2 Å². The predicted molar refractivity (Wildman–Crippen MR) is 81.7 cm³/mol. The van der Waals surface area contributed by atoms with Gasteiger partial charge in [-0.05, 0) is 70.7 Å². The van der Waals surface area contributed by atoms with E-state index in [0.29, 0.717) is 0 Å². The topological polar surface area (TPSA) is 15.3 Å². The van der Waals surface area contributed by atoms with E-state index in [-0.39, 0.29) is 0 Å². The fourth-order valence-electron chi connectivity index (χ4n) is 4.01. The number of fused-ring (bicyclic) bond motifs is 2. The first-order chi connectivity index (χ1) is 9.28. The number of aryl methyl sites for hydroxylation is 1. The average Bonchev–Trinajstić information content (AvgIpc) is 2.69. The molecule has 2 nitrogen and oxygen atoms in total. The molecule has 19 heavy (non-hydrogen) atoms. The minimum absolute atomic E-state index is 0.795. The monoisotopic (exact) mass is 258 g/mol. The molecule has 2 aliphatic rings. The van der Waals surface area contributed by atoms with Crippen LogP contribution < -0.4 is 10.2 Å². The summed E-state index contributed by atoms with van der Waals surface area (Å²) in [5.41, 5.74) is 2.81. The van der Waals surface area contributed by atoms with Crippen LogP contribution in [0.25, 0.3) is 0 Å². The lowest BCUT2D eigenvalue weighted by molar-refractivity contribution is 0.321. The smallest absolute Gasteiger partial charge is 0.0371 e. The van der Waals surface area contributed by atoms with Crippen molar-refractivity contribution in [2.45, 2.75) is 51.1 Å². The highest BCUT2D eigenvalue weighted by Gasteiger charge is 2.40. The van der Waals surface area contributed by atoms with E-state index in [1.165, 1.54) is 49.9 Å². The predicted octanol–water partition coefficient (Wildman–Crippen LogP) is 3.35. The Morgan fingerprint density at radius 1 is 1.11 bits per heavy atom. The maximum Gasteiger partial charge on any atom is 0.0371 e. The van der Waals surface area contributed by atoms with Crippen LogP contribution in [0.5, 0.6) is 0 Å². The molecule has 1 N–H and O–H groups in total. The second-order valence-electron chi connectivity index (χ2n) is 6.36. The summed E-state index contributed by atoms with van der Waals surface area (Å²) in [6, 6.07) is 10.7. The van der Waals surface area contributed by atoms with Gasteiger partial charge in [-0.15, -0.1) is 0 Å². The molecule has 3 rings (SSSR count). The molecule has 2 unspecified atom stereocenters. The van der Waals surface area contributed by atoms with Crippen molar-refractivity contribution in [1.29, 1.82) is 0 Å². The summed E-state index contributed by atoms with van der Waals surface area (Å²) in [5.74, 6) is 0.937. The molecule has 0 saturated carbocycles. The van der Waals surface area contributed by atoms with Gasteiger partial charge in [-0.2, -0.15) is 0 Å². The third-order valence-electron chi connectivity index (χ3n) is 4.97. The van der Waals surface area contributed by atoms with E-state index in [0.717, 1.165) is 18.0 Å². The molecule has 104 valence electrons. The molecule has 2 atom stereocenters. The number of rotatable bonds is 4. The minimum atomic E-state index is 0.795. The van der Waals surface area contributed by atoms with Crippen LogP contribution in [0.1, 0.15) is 37.7 Å². The lowest BCUT2D eigenvalue weighted by Crippen LogP contribution is -2.43. The molecule has 0 aliphatic carbocycles. The number of hydrogen-bond donors (Lipinski definition) is 1. The van der Waals surface area contributed by atoms with Gasteiger partial charge in [0.15, 0.2) is 0 Å². The number of benzene rings is 1. The Bertz CT molecular complexity index is 398. The summed E-state index contributed by atoms with van der Waals surface area (Å²) in [7, 11) is 2.07. The standard InChI is InChI=1S/C17H26N2/c1-13-3-5-15(6-4-13)19-16-7-8-17(19)12-14(11-16)9-10-18-2/h3-6,14,16-18H,7-12H2,1-2H3. The first kappa shape index (κ1) is 13.0. The molecular weight excluding hydrogens is 232 g/mol. The summed E-state index contributed by atoms with van der Waals surface area (Å²) >= 11 is 0. The SMILES string of the molecule is CNCCC1CC2CCC(C1)N2c1ccc(C)cc1. The van der Waals surface area contributed by atoms with Crippen molar-refractivity contribution in [1.82, 2.24) is 5.32 Å². The van der Waals surface area contributed by atoms with E-state index < -0.39 is 0 Å². The summed E-state index contributed by atoms with van der Waals surface area (Å²) in [6.45, 7) is 3.34. The molecule has 2 saturated heterocycles. The summed E-state index contributed by atoms with van der Waals surface area (Å²) in [5, 5.41) is 3.30. The Kier molecular flexibility index (Phi) is 3.79. The van der Waals surface area contributed by atoms with Gasteiger partial charge in [-0.25, -0.2) is 0 Å². The zero-order valence-corrected chi connectivity index (χ0v) is 12.2. The largest absolute Gasteiger partial charge is 0.366 e. The Balaban J connectivity index is 1.71. The van der Waals surface area contributed by atoms with Gasteiger partial charge in [-0.3, -0.25) is 0 Å². The Labute approximate surface area is 117 Å². The number of nitrogens with zero attached hydrogens (tertiary/aromatic N) is 1. The van der Waals surface area contributed by atoms with Crippen LogP contribution >= 0.6 is 0 Å². The number of piperidine rings is 1. The van der Waals surface area contributed by atoms with Crippen molar-refractivity contribution in [3.63, 3.8) is 0 Å². The first-order valence-electron chi connectivity index (χ1n) is 7.77. The maximum absolute atomic E-state index is 3.30. The van der Waals surface area contributed by atoms with Gasteiger partial charge in [0.25, 0.3) is 0 Å². The quantitative estimate of drug-likeness (QED) is 0.891. The third-order valence-corrected chi connectivity index (χ3v) is 4.97. The highest BCUT2D eigenvalue weighted by atomic mass is 15.2. The van der Waals surface area contributed by atoms with E-state index in [2.05, 4.69) is 48.5 Å². The first-order valence-corrected chi connectivity index (χ1v) is 7.77. The zero-order valence-electron chi connectivity index (χ0n) is 12.2. The fraction of sp³-hybridized carbons (Fsp3) is 0.647. The van der Waals surface area contributed by atoms with Crippen LogP contribution in [0, 0.1) is 12.8 Å². The molecule has 2 fully saturated rings. The zero-order chi connectivity index (χ0) is 13.2. The molecular formula is C17H26N2. The van der Waals surface area contributed by atoms with E-state index in [1.54, 1.807) is 0 Å². The van der Waals surface area contributed by atoms with Gasteiger partial charge in [0.05, 0.1) is 0 Å². The van der Waals surface area contributed by atoms with E-state index in [1.807, 2.05) is 0 Å². The van der Waals surface area contributed by atoms with Crippen molar-refractivity contribution in [2.24, 2.45) is 5.92 Å². The van der Waals surface area contributed by atoms with Crippen molar-refractivity contribution >= 4 is 5.69 Å². The summed E-state index contributed by atoms with van der Waals surface area (Å²) < 4.78 is 0. The Hall–Kier alpha value is -1.02. The molecule has 2 bridgehead atoms. The van der Waals surface area contributed by atoms with Crippen LogP contribution in [0.3, 0.4) is 0 Å². The molecule has 0 spiro atoms. The Morgan fingerprint density at radius 2 is 1.74 bits per heavy atom. The van der Waals surface area contributed by atoms with Gasteiger partial charge in [0.2, 0.25) is 0 Å². The minimum Gasteiger partial charge on any atom is -0.366 e. The highest BCUT2D eigenvalue weighted by molar-refractivity contribution is 5.51. The van der Waals surface area contributed by atoms with Gasteiger partial charge >= 0.3 is 0 Å². The van der Waals surface area contributed by atoms with Crippen LogP contribution in [0.2, 0.25) is 0 Å². The molecule has 0 amide bonds. The van der Waals surface area contributed by atoms with E-state index in [4.69, 9.17) is 0 Å². The summed E-state index contributed by atoms with van der Waals surface area (Å²) in [6.07, 6.45) is 6.94. The van der Waals surface area contributed by atoms with Crippen molar-refractivity contribution < 1.29 is 0 Å². The van der Waals surface area contributed by atoms with Crippen molar-refractivity contribution in [3.05, 3.63) is 29.8 Å². The van der Waals surface area contributed by atoms with Gasteiger partial charge in [0, 0.05) is 17.8 Å². The van der Waals surface area contributed by atoms with Crippen LogP contribution in [-0.2, 0) is 0 Å². The second kappa shape index (κ2) is 5.54. The highest BCUT2D eigenvalue weighted by Crippen LogP contribution is 2.42. The van der Waals surface area contributed by atoms with Crippen molar-refractivity contribution in [3.8, 4) is 0 Å². The Morgan fingerprint density at radius 3 is 2.32 bits per heavy atom. The molecule has 2 heterocycles.